The van der Waals surface area contributed by atoms with E-state index in [2.05, 4.69) is 16.9 Å². The van der Waals surface area contributed by atoms with Gasteiger partial charge in [-0.3, -0.25) is 15.1 Å². The second-order valence-corrected chi connectivity index (χ2v) is 7.16. The van der Waals surface area contributed by atoms with E-state index in [0.717, 1.165) is 34.3 Å². The fraction of sp³-hybridized carbons (Fsp3) is 0.158. The maximum absolute atomic E-state index is 14.2. The Morgan fingerprint density at radius 1 is 1.25 bits per heavy atom. The van der Waals surface area contributed by atoms with Crippen molar-refractivity contribution in [2.75, 3.05) is 0 Å². The van der Waals surface area contributed by atoms with E-state index in [0.29, 0.717) is 11.3 Å². The fourth-order valence-electron chi connectivity index (χ4n) is 2.79. The number of halogens is 1. The highest BCUT2D eigenvalue weighted by atomic mass is 32.1. The van der Waals surface area contributed by atoms with Crippen LogP contribution < -0.4 is 4.74 Å². The number of pyridine rings is 1. The van der Waals surface area contributed by atoms with E-state index in [-0.39, 0.29) is 11.4 Å². The molecule has 0 saturated carbocycles. The molecule has 0 atom stereocenters. The molecule has 0 fully saturated rings. The number of aryl methyl sites for hydroxylation is 1. The molecule has 0 saturated heterocycles. The normalized spacial score (nSPS) is 11.1. The van der Waals surface area contributed by atoms with Gasteiger partial charge in [0.2, 0.25) is 0 Å². The van der Waals surface area contributed by atoms with Crippen molar-refractivity contribution in [3.8, 4) is 22.1 Å². The molecule has 7 nitrogen and oxygen atoms in total. The van der Waals surface area contributed by atoms with Gasteiger partial charge in [-0.25, -0.2) is 9.37 Å². The highest BCUT2D eigenvalue weighted by Gasteiger charge is 2.16. The molecule has 28 heavy (non-hydrogen) atoms. The van der Waals surface area contributed by atoms with E-state index in [4.69, 9.17) is 4.74 Å². The lowest BCUT2D eigenvalue weighted by Gasteiger charge is -2.07. The van der Waals surface area contributed by atoms with Gasteiger partial charge in [0.15, 0.2) is 11.6 Å². The molecule has 4 aromatic rings. The van der Waals surface area contributed by atoms with Gasteiger partial charge in [0, 0.05) is 31.1 Å². The van der Waals surface area contributed by atoms with Gasteiger partial charge < -0.3 is 9.30 Å². The summed E-state index contributed by atoms with van der Waals surface area (Å²) in [7, 11) is 0. The average Bonchev–Trinajstić information content (AvgIpc) is 3.30. The average molecular weight is 398 g/mol. The summed E-state index contributed by atoms with van der Waals surface area (Å²) in [6, 6.07) is 6.85. The molecule has 1 aromatic carbocycles. The van der Waals surface area contributed by atoms with Crippen LogP contribution in [0.2, 0.25) is 0 Å². The van der Waals surface area contributed by atoms with Crippen LogP contribution >= 0.6 is 11.3 Å². The van der Waals surface area contributed by atoms with Crippen LogP contribution in [0.5, 0.6) is 11.5 Å². The molecule has 0 radical (unpaired) electrons. The zero-order valence-corrected chi connectivity index (χ0v) is 15.6. The van der Waals surface area contributed by atoms with Gasteiger partial charge in [0.25, 0.3) is 5.69 Å². The predicted octanol–water partition coefficient (Wildman–Crippen LogP) is 5.41. The third-order valence-electron chi connectivity index (χ3n) is 4.09. The van der Waals surface area contributed by atoms with Gasteiger partial charge in [0.05, 0.1) is 38.1 Å². The van der Waals surface area contributed by atoms with Crippen LogP contribution in [-0.2, 0) is 6.54 Å². The summed E-state index contributed by atoms with van der Waals surface area (Å²) in [5.74, 6) is -0.448. The Morgan fingerprint density at radius 2 is 2.11 bits per heavy atom. The third kappa shape index (κ3) is 3.44. The third-order valence-corrected chi connectivity index (χ3v) is 5.25. The largest absolute Gasteiger partial charge is 0.453 e. The second-order valence-electron chi connectivity index (χ2n) is 6.10. The second kappa shape index (κ2) is 7.35. The maximum Gasteiger partial charge on any atom is 0.272 e. The van der Waals surface area contributed by atoms with Crippen molar-refractivity contribution in [2.45, 2.75) is 19.9 Å². The molecular weight excluding hydrogens is 383 g/mol. The van der Waals surface area contributed by atoms with Gasteiger partial charge in [-0.05, 0) is 18.6 Å². The fourth-order valence-corrected chi connectivity index (χ4v) is 3.82. The van der Waals surface area contributed by atoms with Gasteiger partial charge in [0.1, 0.15) is 5.75 Å². The Labute approximate surface area is 163 Å². The number of nitro benzene ring substituents is 1. The number of nitrogens with zero attached hydrogens (tertiary/aromatic N) is 4. The van der Waals surface area contributed by atoms with Crippen molar-refractivity contribution in [3.05, 3.63) is 65.0 Å². The van der Waals surface area contributed by atoms with Crippen molar-refractivity contribution in [1.29, 1.82) is 0 Å². The quantitative estimate of drug-likeness (QED) is 0.320. The highest BCUT2D eigenvalue weighted by Crippen LogP contribution is 2.39. The Bertz CT molecular complexity index is 1170. The number of hydrogen-bond donors (Lipinski definition) is 0. The molecule has 3 aromatic heterocycles. The zero-order valence-electron chi connectivity index (χ0n) is 14.8. The molecule has 0 bridgehead atoms. The summed E-state index contributed by atoms with van der Waals surface area (Å²) in [4.78, 5) is 19.8. The van der Waals surface area contributed by atoms with Gasteiger partial charge >= 0.3 is 0 Å². The molecule has 142 valence electrons. The standard InChI is InChI=1S/C19H15FN4O3S/c1-2-7-23-10-15(22-11-23)18-9-14-19(28-18)17(5-6-21-14)27-16-4-3-12(24(25)26)8-13(16)20/h3-6,8-11H,2,7H2,1H3. The molecule has 0 aliphatic carbocycles. The number of fused-ring (bicyclic) bond motifs is 1. The number of non-ortho nitro benzene ring substituents is 1. The number of imidazole rings is 1. The van der Waals surface area contributed by atoms with Crippen molar-refractivity contribution in [1.82, 2.24) is 14.5 Å². The lowest BCUT2D eigenvalue weighted by molar-refractivity contribution is -0.385. The molecule has 0 N–H and O–H groups in total. The summed E-state index contributed by atoms with van der Waals surface area (Å²) in [6.45, 7) is 2.99. The number of rotatable bonds is 6. The summed E-state index contributed by atoms with van der Waals surface area (Å²) in [6.07, 6.45) is 6.36. The van der Waals surface area contributed by atoms with E-state index in [1.165, 1.54) is 23.5 Å². The van der Waals surface area contributed by atoms with Gasteiger partial charge in [-0.15, -0.1) is 11.3 Å². The minimum Gasteiger partial charge on any atom is -0.453 e. The number of ether oxygens (including phenoxy) is 1. The molecule has 0 spiro atoms. The minimum absolute atomic E-state index is 0.0831. The van der Waals surface area contributed by atoms with Crippen LogP contribution in [0.3, 0.4) is 0 Å². The summed E-state index contributed by atoms with van der Waals surface area (Å²) in [5, 5.41) is 10.8. The van der Waals surface area contributed by atoms with Crippen LogP contribution in [0.4, 0.5) is 10.1 Å². The highest BCUT2D eigenvalue weighted by molar-refractivity contribution is 7.22. The zero-order chi connectivity index (χ0) is 19.7. The first-order chi connectivity index (χ1) is 13.5. The number of thiophene rings is 1. The maximum atomic E-state index is 14.2. The van der Waals surface area contributed by atoms with E-state index < -0.39 is 10.7 Å². The first-order valence-electron chi connectivity index (χ1n) is 8.57. The number of hydrogen-bond acceptors (Lipinski definition) is 6. The lowest BCUT2D eigenvalue weighted by atomic mass is 10.3. The lowest BCUT2D eigenvalue weighted by Crippen LogP contribution is -1.92. The summed E-state index contributed by atoms with van der Waals surface area (Å²) in [5.41, 5.74) is 1.22. The molecule has 0 amide bonds. The van der Waals surface area contributed by atoms with E-state index >= 15 is 0 Å². The SMILES string of the molecule is CCCn1cnc(-c2cc3nccc(Oc4ccc([N+](=O)[O-])cc4F)c3s2)c1. The van der Waals surface area contributed by atoms with Crippen molar-refractivity contribution in [2.24, 2.45) is 0 Å². The van der Waals surface area contributed by atoms with Gasteiger partial charge in [-0.2, -0.15) is 0 Å². The molecule has 9 heteroatoms. The Balaban J connectivity index is 1.68. The monoisotopic (exact) mass is 398 g/mol. The number of aromatic nitrogens is 3. The van der Waals surface area contributed by atoms with Crippen LogP contribution in [0.15, 0.2) is 49.1 Å². The smallest absolute Gasteiger partial charge is 0.272 e. The Morgan fingerprint density at radius 3 is 2.86 bits per heavy atom. The molecule has 3 heterocycles. The van der Waals surface area contributed by atoms with Crippen LogP contribution in [0, 0.1) is 15.9 Å². The molecule has 0 unspecified atom stereocenters. The van der Waals surface area contributed by atoms with Crippen molar-refractivity contribution >= 4 is 27.2 Å². The Kier molecular flexibility index (Phi) is 4.74. The van der Waals surface area contributed by atoms with Crippen molar-refractivity contribution in [3.63, 3.8) is 0 Å². The first kappa shape index (κ1) is 18.1. The van der Waals surface area contributed by atoms with Crippen LogP contribution in [0.25, 0.3) is 20.8 Å². The Hall–Kier alpha value is -3.33. The number of nitro groups is 1. The summed E-state index contributed by atoms with van der Waals surface area (Å²) < 4.78 is 22.7. The van der Waals surface area contributed by atoms with Gasteiger partial charge in [-0.1, -0.05) is 6.92 Å². The summed E-state index contributed by atoms with van der Waals surface area (Å²) >= 11 is 1.45. The van der Waals surface area contributed by atoms with E-state index in [1.807, 2.05) is 16.8 Å². The van der Waals surface area contributed by atoms with E-state index in [1.54, 1.807) is 18.6 Å². The number of benzene rings is 1. The minimum atomic E-state index is -0.797. The van der Waals surface area contributed by atoms with Crippen molar-refractivity contribution < 1.29 is 14.1 Å². The van der Waals surface area contributed by atoms with E-state index in [9.17, 15) is 14.5 Å². The van der Waals surface area contributed by atoms with Crippen LogP contribution in [0.1, 0.15) is 13.3 Å². The molecule has 0 aliphatic rings. The molecular formula is C19H15FN4O3S. The molecule has 4 rings (SSSR count). The predicted molar refractivity (Wildman–Crippen MR) is 104 cm³/mol. The molecule has 0 aliphatic heterocycles. The topological polar surface area (TPSA) is 83.1 Å². The first-order valence-corrected chi connectivity index (χ1v) is 9.39. The van der Waals surface area contributed by atoms with Crippen LogP contribution in [-0.4, -0.2) is 19.5 Å².